The number of benzene rings is 2. The van der Waals surface area contributed by atoms with Crippen molar-refractivity contribution in [1.29, 1.82) is 0 Å². The molecule has 33 heavy (non-hydrogen) atoms. The third-order valence-electron chi connectivity index (χ3n) is 4.38. The van der Waals surface area contributed by atoms with Crippen molar-refractivity contribution in [2.75, 3.05) is 24.6 Å². The summed E-state index contributed by atoms with van der Waals surface area (Å²) < 4.78 is 5.38. The van der Waals surface area contributed by atoms with E-state index in [1.54, 1.807) is 18.2 Å². The quantitative estimate of drug-likeness (QED) is 0.251. The summed E-state index contributed by atoms with van der Waals surface area (Å²) in [5.41, 5.74) is 3.67. The van der Waals surface area contributed by atoms with Crippen molar-refractivity contribution in [2.45, 2.75) is 27.7 Å². The Morgan fingerprint density at radius 2 is 1.82 bits per heavy atom. The van der Waals surface area contributed by atoms with Gasteiger partial charge in [-0.3, -0.25) is 14.9 Å². The number of non-ortho nitro benzene ring substituents is 1. The van der Waals surface area contributed by atoms with Gasteiger partial charge >= 0.3 is 0 Å². The lowest BCUT2D eigenvalue weighted by Gasteiger charge is -2.29. The highest BCUT2D eigenvalue weighted by atomic mass is 35.5. The molecular formula is C23H28Cl2N4O4. The predicted molar refractivity (Wildman–Crippen MR) is 133 cm³/mol. The normalized spacial score (nSPS) is 11.3. The summed E-state index contributed by atoms with van der Waals surface area (Å²) in [7, 11) is 0. The summed E-state index contributed by atoms with van der Waals surface area (Å²) in [6.07, 6.45) is 1.41. The second-order valence-corrected chi connectivity index (χ2v) is 9.19. The Labute approximate surface area is 203 Å². The molecule has 0 saturated heterocycles. The molecule has 8 nitrogen and oxygen atoms in total. The van der Waals surface area contributed by atoms with E-state index in [1.807, 2.05) is 0 Å². The van der Waals surface area contributed by atoms with Crippen LogP contribution in [0, 0.1) is 22.0 Å². The molecular weight excluding hydrogens is 467 g/mol. The number of nitrogens with zero attached hydrogens (tertiary/aromatic N) is 3. The van der Waals surface area contributed by atoms with E-state index in [9.17, 15) is 14.9 Å². The van der Waals surface area contributed by atoms with E-state index < -0.39 is 10.8 Å². The highest BCUT2D eigenvalue weighted by Gasteiger charge is 2.17. The van der Waals surface area contributed by atoms with Gasteiger partial charge in [-0.15, -0.1) is 0 Å². The number of carbonyl (C=O) groups is 1. The van der Waals surface area contributed by atoms with E-state index in [0.717, 1.165) is 18.8 Å². The monoisotopic (exact) mass is 494 g/mol. The van der Waals surface area contributed by atoms with E-state index >= 15 is 0 Å². The Morgan fingerprint density at radius 1 is 1.15 bits per heavy atom. The average molecular weight is 495 g/mol. The fourth-order valence-electron chi connectivity index (χ4n) is 3.14. The van der Waals surface area contributed by atoms with Gasteiger partial charge in [-0.1, -0.05) is 50.9 Å². The number of anilines is 1. The lowest BCUT2D eigenvalue weighted by atomic mass is 10.1. The van der Waals surface area contributed by atoms with Gasteiger partial charge in [0.1, 0.15) is 5.75 Å². The Kier molecular flexibility index (Phi) is 9.94. The molecule has 0 spiro atoms. The molecule has 0 saturated carbocycles. The zero-order valence-electron chi connectivity index (χ0n) is 19.0. The van der Waals surface area contributed by atoms with Crippen molar-refractivity contribution in [1.82, 2.24) is 5.43 Å². The van der Waals surface area contributed by atoms with Gasteiger partial charge in [0.15, 0.2) is 6.61 Å². The minimum Gasteiger partial charge on any atom is -0.482 e. The molecule has 0 bridgehead atoms. The Balaban J connectivity index is 2.16. The molecule has 10 heteroatoms. The van der Waals surface area contributed by atoms with E-state index in [4.69, 9.17) is 27.9 Å². The fourth-order valence-corrected chi connectivity index (χ4v) is 3.60. The maximum atomic E-state index is 12.1. The zero-order chi connectivity index (χ0) is 24.5. The first-order valence-corrected chi connectivity index (χ1v) is 11.3. The van der Waals surface area contributed by atoms with Crippen LogP contribution in [-0.2, 0) is 4.79 Å². The number of rotatable bonds is 11. The molecule has 2 aromatic carbocycles. The summed E-state index contributed by atoms with van der Waals surface area (Å²) in [5, 5.41) is 16.0. The number of ether oxygens (including phenoxy) is 1. The molecule has 0 heterocycles. The van der Waals surface area contributed by atoms with Crippen LogP contribution in [0.1, 0.15) is 33.3 Å². The standard InChI is InChI=1S/C23H28Cl2N4O4/c1-15(2)12-28(13-16(3)4)21-7-6-19(29(31)32)9-17(21)11-26-27-23(30)14-33-22-8-5-18(24)10-20(22)25/h5-11,15-16H,12-14H2,1-4H3,(H,27,30). The van der Waals surface area contributed by atoms with E-state index in [0.29, 0.717) is 28.2 Å². The largest absolute Gasteiger partial charge is 0.482 e. The molecule has 1 N–H and O–H groups in total. The highest BCUT2D eigenvalue weighted by Crippen LogP contribution is 2.28. The maximum absolute atomic E-state index is 12.1. The van der Waals surface area contributed by atoms with Crippen LogP contribution in [0.5, 0.6) is 5.75 Å². The second-order valence-electron chi connectivity index (χ2n) is 8.35. The van der Waals surface area contributed by atoms with Crippen molar-refractivity contribution in [3.8, 4) is 5.75 Å². The Hall–Kier alpha value is -2.84. The van der Waals surface area contributed by atoms with Gasteiger partial charge in [-0.2, -0.15) is 5.10 Å². The molecule has 1 amide bonds. The van der Waals surface area contributed by atoms with Crippen LogP contribution in [0.2, 0.25) is 10.0 Å². The zero-order valence-corrected chi connectivity index (χ0v) is 20.6. The van der Waals surface area contributed by atoms with E-state index in [2.05, 4.69) is 43.1 Å². The topological polar surface area (TPSA) is 97.1 Å². The lowest BCUT2D eigenvalue weighted by Crippen LogP contribution is -2.32. The highest BCUT2D eigenvalue weighted by molar-refractivity contribution is 6.35. The minimum absolute atomic E-state index is 0.0544. The van der Waals surface area contributed by atoms with E-state index in [-0.39, 0.29) is 17.3 Å². The molecule has 0 aliphatic heterocycles. The first kappa shape index (κ1) is 26.4. The lowest BCUT2D eigenvalue weighted by molar-refractivity contribution is -0.384. The molecule has 0 aliphatic rings. The number of hydrazone groups is 1. The van der Waals surface area contributed by atoms with Gasteiger partial charge in [0, 0.05) is 41.5 Å². The summed E-state index contributed by atoms with van der Waals surface area (Å²) in [5.74, 6) is 0.588. The van der Waals surface area contributed by atoms with Crippen LogP contribution in [0.4, 0.5) is 11.4 Å². The third kappa shape index (κ3) is 8.55. The number of hydrogen-bond donors (Lipinski definition) is 1. The number of hydrogen-bond acceptors (Lipinski definition) is 6. The molecule has 0 aromatic heterocycles. The van der Waals surface area contributed by atoms with E-state index in [1.165, 1.54) is 24.4 Å². The number of halogens is 2. The summed E-state index contributed by atoms with van der Waals surface area (Å²) in [6, 6.07) is 9.32. The molecule has 178 valence electrons. The summed E-state index contributed by atoms with van der Waals surface area (Å²) in [6.45, 7) is 9.68. The fraction of sp³-hybridized carbons (Fsp3) is 0.391. The number of nitro groups is 1. The molecule has 0 radical (unpaired) electrons. The first-order valence-electron chi connectivity index (χ1n) is 10.5. The van der Waals surface area contributed by atoms with Crippen molar-refractivity contribution in [2.24, 2.45) is 16.9 Å². The molecule has 2 aromatic rings. The van der Waals surface area contributed by atoms with Crippen molar-refractivity contribution in [3.63, 3.8) is 0 Å². The SMILES string of the molecule is CC(C)CN(CC(C)C)c1ccc([N+](=O)[O-])cc1C=NNC(=O)COc1ccc(Cl)cc1Cl. The number of carbonyl (C=O) groups excluding carboxylic acids is 1. The van der Waals surface area contributed by atoms with Crippen LogP contribution in [0.15, 0.2) is 41.5 Å². The van der Waals surface area contributed by atoms with Crippen molar-refractivity contribution >= 4 is 46.7 Å². The predicted octanol–water partition coefficient (Wildman–Crippen LogP) is 5.55. The van der Waals surface area contributed by atoms with Gasteiger partial charge < -0.3 is 9.64 Å². The van der Waals surface area contributed by atoms with Crippen LogP contribution >= 0.6 is 23.2 Å². The summed E-state index contributed by atoms with van der Waals surface area (Å²) >= 11 is 11.9. The Bertz CT molecular complexity index is 1000. The Morgan fingerprint density at radius 3 is 2.39 bits per heavy atom. The molecule has 0 unspecified atom stereocenters. The van der Waals surface area contributed by atoms with Gasteiger partial charge in [-0.25, -0.2) is 5.43 Å². The number of nitrogens with one attached hydrogen (secondary N) is 1. The third-order valence-corrected chi connectivity index (χ3v) is 4.91. The minimum atomic E-state index is -0.509. The molecule has 0 fully saturated rings. The maximum Gasteiger partial charge on any atom is 0.277 e. The molecule has 0 aliphatic carbocycles. The van der Waals surface area contributed by atoms with Crippen LogP contribution in [0.3, 0.4) is 0 Å². The molecule has 0 atom stereocenters. The van der Waals surface area contributed by atoms with Crippen molar-refractivity contribution in [3.05, 3.63) is 62.1 Å². The first-order chi connectivity index (χ1) is 15.6. The van der Waals surface area contributed by atoms with Gasteiger partial charge in [0.05, 0.1) is 16.2 Å². The number of nitro benzene ring substituents is 1. The van der Waals surface area contributed by atoms with Gasteiger partial charge in [0.25, 0.3) is 11.6 Å². The van der Waals surface area contributed by atoms with Gasteiger partial charge in [0.2, 0.25) is 0 Å². The molecule has 2 rings (SSSR count). The van der Waals surface area contributed by atoms with Gasteiger partial charge in [-0.05, 0) is 36.1 Å². The van der Waals surface area contributed by atoms with Crippen LogP contribution in [-0.4, -0.2) is 36.7 Å². The van der Waals surface area contributed by atoms with Crippen LogP contribution < -0.4 is 15.1 Å². The summed E-state index contributed by atoms with van der Waals surface area (Å²) in [4.78, 5) is 25.1. The van der Waals surface area contributed by atoms with Crippen molar-refractivity contribution < 1.29 is 14.5 Å². The number of amides is 1. The smallest absolute Gasteiger partial charge is 0.277 e. The van der Waals surface area contributed by atoms with Crippen LogP contribution in [0.25, 0.3) is 0 Å². The second kappa shape index (κ2) is 12.4. The average Bonchev–Trinajstić information content (AvgIpc) is 2.72.